The van der Waals surface area contributed by atoms with E-state index in [4.69, 9.17) is 11.2 Å². The van der Waals surface area contributed by atoms with Crippen LogP contribution in [0, 0.1) is 12.3 Å². The van der Waals surface area contributed by atoms with Crippen molar-refractivity contribution in [1.82, 2.24) is 4.90 Å². The number of aliphatic hydroxyl groups excluding tert-OH is 1. The van der Waals surface area contributed by atoms with Gasteiger partial charge < -0.3 is 9.84 Å². The molecule has 0 aliphatic heterocycles. The molecule has 0 aliphatic carbocycles. The summed E-state index contributed by atoms with van der Waals surface area (Å²) in [5.41, 5.74) is 0. The Balaban J connectivity index is 1.98. The van der Waals surface area contributed by atoms with E-state index < -0.39 is 6.10 Å². The van der Waals surface area contributed by atoms with Crippen LogP contribution in [0.3, 0.4) is 0 Å². The lowest BCUT2D eigenvalue weighted by Crippen LogP contribution is -2.33. The molecule has 20 heavy (non-hydrogen) atoms. The molecule has 0 saturated heterocycles. The van der Waals surface area contributed by atoms with E-state index in [0.29, 0.717) is 13.1 Å². The van der Waals surface area contributed by atoms with Gasteiger partial charge in [0, 0.05) is 11.9 Å². The van der Waals surface area contributed by atoms with Crippen molar-refractivity contribution in [3.8, 4) is 18.1 Å². The summed E-state index contributed by atoms with van der Waals surface area (Å²) in [5.74, 6) is 3.34. The van der Waals surface area contributed by atoms with Crippen molar-refractivity contribution in [3.05, 3.63) is 42.5 Å². The summed E-state index contributed by atoms with van der Waals surface area (Å²) in [6.45, 7) is 1.27. The molecule has 1 atom stereocenters. The highest BCUT2D eigenvalue weighted by Crippen LogP contribution is 2.25. The average Bonchev–Trinajstić information content (AvgIpc) is 2.45. The lowest BCUT2D eigenvalue weighted by molar-refractivity contribution is 0.0806. The van der Waals surface area contributed by atoms with Gasteiger partial charge in [-0.15, -0.1) is 6.42 Å². The molecule has 1 unspecified atom stereocenters. The molecule has 0 saturated carbocycles. The lowest BCUT2D eigenvalue weighted by Gasteiger charge is -2.19. The van der Waals surface area contributed by atoms with Gasteiger partial charge in [0.05, 0.1) is 6.54 Å². The quantitative estimate of drug-likeness (QED) is 0.816. The van der Waals surface area contributed by atoms with E-state index in [1.54, 1.807) is 0 Å². The van der Waals surface area contributed by atoms with Gasteiger partial charge >= 0.3 is 0 Å². The van der Waals surface area contributed by atoms with Crippen LogP contribution in [0.15, 0.2) is 42.5 Å². The molecule has 0 radical (unpaired) electrons. The molecule has 0 spiro atoms. The molecule has 0 bridgehead atoms. The average molecular weight is 269 g/mol. The predicted octanol–water partition coefficient (Wildman–Crippen LogP) is 2.14. The van der Waals surface area contributed by atoms with Crippen molar-refractivity contribution in [2.45, 2.75) is 6.10 Å². The van der Waals surface area contributed by atoms with Crippen LogP contribution in [-0.4, -0.2) is 42.9 Å². The molecule has 2 rings (SSSR count). The van der Waals surface area contributed by atoms with E-state index in [-0.39, 0.29) is 6.61 Å². The minimum Gasteiger partial charge on any atom is -0.490 e. The summed E-state index contributed by atoms with van der Waals surface area (Å²) in [6, 6.07) is 13.9. The van der Waals surface area contributed by atoms with Crippen molar-refractivity contribution >= 4 is 10.8 Å². The van der Waals surface area contributed by atoms with Gasteiger partial charge in [-0.05, 0) is 18.5 Å². The SMILES string of the molecule is C#CCN(C)CC(O)COc1cccc2ccccc12. The molecule has 0 fully saturated rings. The van der Waals surface area contributed by atoms with Crippen LogP contribution in [-0.2, 0) is 0 Å². The maximum absolute atomic E-state index is 9.94. The smallest absolute Gasteiger partial charge is 0.127 e. The van der Waals surface area contributed by atoms with Crippen molar-refractivity contribution < 1.29 is 9.84 Å². The summed E-state index contributed by atoms with van der Waals surface area (Å²) in [7, 11) is 1.88. The molecule has 1 N–H and O–H groups in total. The molecular weight excluding hydrogens is 250 g/mol. The van der Waals surface area contributed by atoms with Gasteiger partial charge in [-0.1, -0.05) is 42.3 Å². The Morgan fingerprint density at radius 1 is 1.25 bits per heavy atom. The number of terminal acetylenes is 1. The molecule has 2 aromatic carbocycles. The molecule has 0 aliphatic rings. The van der Waals surface area contributed by atoms with Crippen LogP contribution in [0.4, 0.5) is 0 Å². The van der Waals surface area contributed by atoms with E-state index >= 15 is 0 Å². The first-order chi connectivity index (χ1) is 9.70. The third kappa shape index (κ3) is 3.74. The Bertz CT molecular complexity index is 598. The Hall–Kier alpha value is -2.02. The minimum atomic E-state index is -0.563. The maximum atomic E-state index is 9.94. The lowest BCUT2D eigenvalue weighted by atomic mass is 10.1. The van der Waals surface area contributed by atoms with E-state index in [1.807, 2.05) is 54.4 Å². The van der Waals surface area contributed by atoms with E-state index in [2.05, 4.69) is 5.92 Å². The molecule has 0 aromatic heterocycles. The third-order valence-corrected chi connectivity index (χ3v) is 3.06. The zero-order valence-electron chi connectivity index (χ0n) is 11.6. The van der Waals surface area contributed by atoms with Crippen LogP contribution in [0.25, 0.3) is 10.8 Å². The topological polar surface area (TPSA) is 32.7 Å². The number of hydrogen-bond donors (Lipinski definition) is 1. The number of hydrogen-bond acceptors (Lipinski definition) is 3. The standard InChI is InChI=1S/C17H19NO2/c1-3-11-18(2)12-15(19)13-20-17-10-6-8-14-7-4-5-9-16(14)17/h1,4-10,15,19H,11-13H2,2H3. The second kappa shape index (κ2) is 6.95. The number of nitrogens with zero attached hydrogens (tertiary/aromatic N) is 1. The van der Waals surface area contributed by atoms with Gasteiger partial charge in [-0.25, -0.2) is 0 Å². The van der Waals surface area contributed by atoms with Crippen LogP contribution in [0.5, 0.6) is 5.75 Å². The molecule has 104 valence electrons. The van der Waals surface area contributed by atoms with Gasteiger partial charge in [0.15, 0.2) is 0 Å². The number of ether oxygens (including phenoxy) is 1. The van der Waals surface area contributed by atoms with Crippen LogP contribution in [0.2, 0.25) is 0 Å². The predicted molar refractivity (Wildman–Crippen MR) is 81.8 cm³/mol. The number of benzene rings is 2. The van der Waals surface area contributed by atoms with Crippen molar-refractivity contribution in [3.63, 3.8) is 0 Å². The van der Waals surface area contributed by atoms with Gasteiger partial charge in [0.25, 0.3) is 0 Å². The molecule has 0 heterocycles. The number of fused-ring (bicyclic) bond motifs is 1. The fourth-order valence-corrected chi connectivity index (χ4v) is 2.14. The minimum absolute atomic E-state index is 0.253. The number of aliphatic hydroxyl groups is 1. The van der Waals surface area contributed by atoms with E-state index in [1.165, 1.54) is 0 Å². The highest BCUT2D eigenvalue weighted by molar-refractivity contribution is 5.88. The summed E-state index contributed by atoms with van der Waals surface area (Å²) >= 11 is 0. The summed E-state index contributed by atoms with van der Waals surface area (Å²) < 4.78 is 5.73. The van der Waals surface area contributed by atoms with Crippen molar-refractivity contribution in [2.75, 3.05) is 26.7 Å². The maximum Gasteiger partial charge on any atom is 0.127 e. The monoisotopic (exact) mass is 269 g/mol. The highest BCUT2D eigenvalue weighted by Gasteiger charge is 2.09. The highest BCUT2D eigenvalue weighted by atomic mass is 16.5. The van der Waals surface area contributed by atoms with E-state index in [0.717, 1.165) is 16.5 Å². The zero-order chi connectivity index (χ0) is 14.4. The van der Waals surface area contributed by atoms with E-state index in [9.17, 15) is 5.11 Å². The second-order valence-corrected chi connectivity index (χ2v) is 4.84. The number of likely N-dealkylation sites (N-methyl/N-ethyl adjacent to an activating group) is 1. The molecule has 3 nitrogen and oxygen atoms in total. The summed E-state index contributed by atoms with van der Waals surface area (Å²) in [6.07, 6.45) is 4.67. The Labute approximate surface area is 119 Å². The fourth-order valence-electron chi connectivity index (χ4n) is 2.14. The normalized spacial score (nSPS) is 12.3. The zero-order valence-corrected chi connectivity index (χ0v) is 11.6. The van der Waals surface area contributed by atoms with Crippen molar-refractivity contribution in [2.24, 2.45) is 0 Å². The van der Waals surface area contributed by atoms with Crippen molar-refractivity contribution in [1.29, 1.82) is 0 Å². The first-order valence-electron chi connectivity index (χ1n) is 6.61. The Morgan fingerprint density at radius 2 is 2.00 bits per heavy atom. The number of rotatable bonds is 6. The molecule has 0 amide bonds. The fraction of sp³-hybridized carbons (Fsp3) is 0.294. The second-order valence-electron chi connectivity index (χ2n) is 4.84. The largest absolute Gasteiger partial charge is 0.490 e. The van der Waals surface area contributed by atoms with Gasteiger partial charge in [-0.2, -0.15) is 0 Å². The van der Waals surface area contributed by atoms with Crippen LogP contribution in [0.1, 0.15) is 0 Å². The summed E-state index contributed by atoms with van der Waals surface area (Å²) in [5, 5.41) is 12.1. The van der Waals surface area contributed by atoms with Gasteiger partial charge in [0.1, 0.15) is 18.5 Å². The van der Waals surface area contributed by atoms with Gasteiger partial charge in [-0.3, -0.25) is 4.90 Å². The Morgan fingerprint density at radius 3 is 2.80 bits per heavy atom. The first-order valence-corrected chi connectivity index (χ1v) is 6.61. The van der Waals surface area contributed by atoms with Gasteiger partial charge in [0.2, 0.25) is 0 Å². The Kier molecular flexibility index (Phi) is 5.00. The van der Waals surface area contributed by atoms with Crippen LogP contribution >= 0.6 is 0 Å². The summed E-state index contributed by atoms with van der Waals surface area (Å²) in [4.78, 5) is 1.89. The molecular formula is C17H19NO2. The third-order valence-electron chi connectivity index (χ3n) is 3.06. The van der Waals surface area contributed by atoms with Crippen LogP contribution < -0.4 is 4.74 Å². The first kappa shape index (κ1) is 14.4. The molecule has 3 heteroatoms. The molecule has 2 aromatic rings.